The number of fused-ring (bicyclic) bond motifs is 2. The molecular formula is C10H14. The summed E-state index contributed by atoms with van der Waals surface area (Å²) < 4.78 is 0. The highest BCUT2D eigenvalue weighted by Gasteiger charge is 2.16. The zero-order valence-electron chi connectivity index (χ0n) is 6.34. The van der Waals surface area contributed by atoms with Crippen LogP contribution in [0.25, 0.3) is 0 Å². The van der Waals surface area contributed by atoms with E-state index in [4.69, 9.17) is 0 Å². The van der Waals surface area contributed by atoms with Crippen molar-refractivity contribution in [1.82, 2.24) is 0 Å². The van der Waals surface area contributed by atoms with Crippen LogP contribution in [0.5, 0.6) is 0 Å². The Hall–Kier alpha value is -0.520. The van der Waals surface area contributed by atoms with Crippen LogP contribution in [0.1, 0.15) is 32.1 Å². The van der Waals surface area contributed by atoms with Crippen molar-refractivity contribution in [2.45, 2.75) is 32.1 Å². The average Bonchev–Trinajstić information content (AvgIpc) is 2.12. The van der Waals surface area contributed by atoms with Gasteiger partial charge in [0.25, 0.3) is 0 Å². The molecule has 1 fully saturated rings. The molecule has 0 aliphatic heterocycles. The summed E-state index contributed by atoms with van der Waals surface area (Å²) in [5, 5.41) is 0. The lowest BCUT2D eigenvalue weighted by atomic mass is 9.85. The third kappa shape index (κ3) is 1.16. The van der Waals surface area contributed by atoms with Crippen LogP contribution in [0.15, 0.2) is 23.8 Å². The second-order valence-corrected chi connectivity index (χ2v) is 3.45. The van der Waals surface area contributed by atoms with Gasteiger partial charge in [0.2, 0.25) is 0 Å². The third-order valence-corrected chi connectivity index (χ3v) is 2.60. The van der Waals surface area contributed by atoms with E-state index in [-0.39, 0.29) is 0 Å². The molecule has 0 aromatic heterocycles. The molecule has 0 nitrogen and oxygen atoms in total. The summed E-state index contributed by atoms with van der Waals surface area (Å²) in [5.41, 5.74) is 1.69. The monoisotopic (exact) mass is 134 g/mol. The second kappa shape index (κ2) is 2.61. The maximum Gasteiger partial charge on any atom is -0.0286 e. The van der Waals surface area contributed by atoms with Crippen molar-refractivity contribution in [3.8, 4) is 0 Å². The van der Waals surface area contributed by atoms with Crippen LogP contribution >= 0.6 is 0 Å². The van der Waals surface area contributed by atoms with E-state index in [2.05, 4.69) is 18.2 Å². The molecule has 0 spiro atoms. The highest BCUT2D eigenvalue weighted by Crippen LogP contribution is 2.32. The van der Waals surface area contributed by atoms with E-state index in [1.807, 2.05) is 0 Å². The first-order chi connectivity index (χ1) is 4.95. The molecule has 0 aromatic rings. The van der Waals surface area contributed by atoms with Crippen LogP contribution in [0.3, 0.4) is 0 Å². The number of hydrogen-bond acceptors (Lipinski definition) is 0. The van der Waals surface area contributed by atoms with Gasteiger partial charge in [0.05, 0.1) is 0 Å². The van der Waals surface area contributed by atoms with Gasteiger partial charge in [0.1, 0.15) is 0 Å². The highest BCUT2D eigenvalue weighted by atomic mass is 14.2. The summed E-state index contributed by atoms with van der Waals surface area (Å²) >= 11 is 0. The van der Waals surface area contributed by atoms with Gasteiger partial charge < -0.3 is 0 Å². The first-order valence-corrected chi connectivity index (χ1v) is 4.30. The molecule has 2 aliphatic carbocycles. The average molecular weight is 134 g/mol. The number of rotatable bonds is 0. The van der Waals surface area contributed by atoms with Crippen molar-refractivity contribution in [2.24, 2.45) is 5.92 Å². The van der Waals surface area contributed by atoms with Gasteiger partial charge in [-0.15, -0.1) is 0 Å². The molecule has 2 aliphatic rings. The van der Waals surface area contributed by atoms with Crippen LogP contribution in [0.2, 0.25) is 0 Å². The Morgan fingerprint density at radius 2 is 2.40 bits per heavy atom. The van der Waals surface area contributed by atoms with Gasteiger partial charge in [-0.3, -0.25) is 0 Å². The fraction of sp³-hybridized carbons (Fsp3) is 0.600. The summed E-state index contributed by atoms with van der Waals surface area (Å²) in [7, 11) is 0. The molecule has 54 valence electrons. The smallest absolute Gasteiger partial charge is 0.0286 e. The zero-order chi connectivity index (χ0) is 6.81. The molecule has 0 amide bonds. The Kier molecular flexibility index (Phi) is 1.62. The van der Waals surface area contributed by atoms with E-state index in [0.29, 0.717) is 0 Å². The van der Waals surface area contributed by atoms with Crippen LogP contribution in [-0.4, -0.2) is 0 Å². The zero-order valence-corrected chi connectivity index (χ0v) is 6.34. The molecule has 0 heterocycles. The Bertz CT molecular complexity index is 174. The Balaban J connectivity index is 2.17. The molecule has 2 bridgehead atoms. The van der Waals surface area contributed by atoms with Crippen LogP contribution < -0.4 is 0 Å². The molecule has 0 radical (unpaired) electrons. The molecule has 1 unspecified atom stereocenters. The predicted molar refractivity (Wildman–Crippen MR) is 43.8 cm³/mol. The van der Waals surface area contributed by atoms with Crippen LogP contribution in [-0.2, 0) is 0 Å². The van der Waals surface area contributed by atoms with E-state index >= 15 is 0 Å². The quantitative estimate of drug-likeness (QED) is 0.477. The summed E-state index contributed by atoms with van der Waals surface area (Å²) in [6.45, 7) is 0. The van der Waals surface area contributed by atoms with Gasteiger partial charge in [0.15, 0.2) is 0 Å². The Morgan fingerprint density at radius 1 is 1.40 bits per heavy atom. The van der Waals surface area contributed by atoms with Gasteiger partial charge in [-0.1, -0.05) is 23.8 Å². The van der Waals surface area contributed by atoms with E-state index < -0.39 is 0 Å². The predicted octanol–water partition coefficient (Wildman–Crippen LogP) is 3.06. The minimum absolute atomic E-state index is 0.985. The van der Waals surface area contributed by atoms with Crippen molar-refractivity contribution < 1.29 is 0 Å². The molecule has 1 atom stereocenters. The van der Waals surface area contributed by atoms with Gasteiger partial charge >= 0.3 is 0 Å². The molecule has 0 N–H and O–H groups in total. The molecular weight excluding hydrogens is 120 g/mol. The number of allylic oxidation sites excluding steroid dienone is 4. The van der Waals surface area contributed by atoms with Crippen molar-refractivity contribution in [1.29, 1.82) is 0 Å². The standard InChI is InChI=1S/C10H14/c1-2-5-10-7-3-6-9(4-1)8-10/h1-2,4,10H,3,5-8H2. The summed E-state index contributed by atoms with van der Waals surface area (Å²) in [6.07, 6.45) is 13.8. The molecule has 0 heteroatoms. The van der Waals surface area contributed by atoms with Crippen molar-refractivity contribution in [3.05, 3.63) is 23.8 Å². The van der Waals surface area contributed by atoms with Crippen molar-refractivity contribution in [3.63, 3.8) is 0 Å². The molecule has 1 saturated carbocycles. The number of hydrogen-bond donors (Lipinski definition) is 0. The summed E-state index contributed by atoms with van der Waals surface area (Å²) in [4.78, 5) is 0. The largest absolute Gasteiger partial charge is 0.0843 e. The van der Waals surface area contributed by atoms with E-state index in [9.17, 15) is 0 Å². The normalized spacial score (nSPS) is 31.2. The SMILES string of the molecule is C1=CCC2CCCC(=C1)C2. The fourth-order valence-electron chi connectivity index (χ4n) is 2.02. The van der Waals surface area contributed by atoms with Crippen molar-refractivity contribution >= 4 is 0 Å². The first kappa shape index (κ1) is 6.21. The van der Waals surface area contributed by atoms with E-state index in [0.717, 1.165) is 5.92 Å². The molecule has 10 heavy (non-hydrogen) atoms. The third-order valence-electron chi connectivity index (χ3n) is 2.60. The molecule has 2 rings (SSSR count). The van der Waals surface area contributed by atoms with Crippen LogP contribution in [0, 0.1) is 5.92 Å². The Labute approximate surface area is 62.6 Å². The van der Waals surface area contributed by atoms with Gasteiger partial charge in [-0.2, -0.15) is 0 Å². The van der Waals surface area contributed by atoms with Crippen molar-refractivity contribution in [2.75, 3.05) is 0 Å². The summed E-state index contributed by atoms with van der Waals surface area (Å²) in [5.74, 6) is 0.985. The minimum Gasteiger partial charge on any atom is -0.0843 e. The fourth-order valence-corrected chi connectivity index (χ4v) is 2.02. The van der Waals surface area contributed by atoms with Crippen LogP contribution in [0.4, 0.5) is 0 Å². The highest BCUT2D eigenvalue weighted by molar-refractivity contribution is 5.17. The molecule has 0 saturated heterocycles. The van der Waals surface area contributed by atoms with Gasteiger partial charge in [0, 0.05) is 0 Å². The topological polar surface area (TPSA) is 0 Å². The molecule has 0 aromatic carbocycles. The van der Waals surface area contributed by atoms with E-state index in [1.54, 1.807) is 5.57 Å². The lowest BCUT2D eigenvalue weighted by Crippen LogP contribution is -2.05. The summed E-state index contributed by atoms with van der Waals surface area (Å²) in [6, 6.07) is 0. The van der Waals surface area contributed by atoms with E-state index in [1.165, 1.54) is 32.1 Å². The maximum absolute atomic E-state index is 2.32. The lowest BCUT2D eigenvalue weighted by Gasteiger charge is -2.21. The second-order valence-electron chi connectivity index (χ2n) is 3.45. The van der Waals surface area contributed by atoms with Gasteiger partial charge in [-0.25, -0.2) is 0 Å². The Morgan fingerprint density at radius 3 is 3.40 bits per heavy atom. The maximum atomic E-state index is 2.32. The minimum atomic E-state index is 0.985. The first-order valence-electron chi connectivity index (χ1n) is 4.30. The van der Waals surface area contributed by atoms with Gasteiger partial charge in [-0.05, 0) is 38.0 Å². The lowest BCUT2D eigenvalue weighted by molar-refractivity contribution is 0.425.